The minimum absolute atomic E-state index is 0.383. The summed E-state index contributed by atoms with van der Waals surface area (Å²) < 4.78 is 0. The molecule has 16 heavy (non-hydrogen) atoms. The van der Waals surface area contributed by atoms with Gasteiger partial charge in [0.05, 0.1) is 6.10 Å². The molecule has 0 amide bonds. The molecule has 1 heterocycles. The molecule has 84 valence electrons. The van der Waals surface area contributed by atoms with Crippen LogP contribution < -0.4 is 0 Å². The Bertz CT molecular complexity index is 474. The van der Waals surface area contributed by atoms with Crippen molar-refractivity contribution >= 4 is 10.8 Å². The number of hydrogen-bond acceptors (Lipinski definition) is 2. The molecule has 0 bridgehead atoms. The minimum Gasteiger partial charge on any atom is -0.388 e. The van der Waals surface area contributed by atoms with Gasteiger partial charge in [-0.05, 0) is 29.4 Å². The van der Waals surface area contributed by atoms with Crippen LogP contribution in [0.25, 0.3) is 10.8 Å². The summed E-state index contributed by atoms with van der Waals surface area (Å²) in [5.41, 5.74) is 1.01. The SMILES string of the molecule is CC(C)CC(O)c1cccc2cnccc12. The summed E-state index contributed by atoms with van der Waals surface area (Å²) in [4.78, 5) is 4.09. The Morgan fingerprint density at radius 1 is 1.25 bits per heavy atom. The van der Waals surface area contributed by atoms with Crippen molar-refractivity contribution in [2.24, 2.45) is 5.92 Å². The van der Waals surface area contributed by atoms with Gasteiger partial charge in [-0.2, -0.15) is 0 Å². The maximum Gasteiger partial charge on any atom is 0.0798 e. The van der Waals surface area contributed by atoms with Crippen molar-refractivity contribution < 1.29 is 5.11 Å². The number of rotatable bonds is 3. The van der Waals surface area contributed by atoms with Crippen LogP contribution in [0.4, 0.5) is 0 Å². The maximum absolute atomic E-state index is 10.2. The lowest BCUT2D eigenvalue weighted by Crippen LogP contribution is -2.02. The maximum atomic E-state index is 10.2. The van der Waals surface area contributed by atoms with E-state index >= 15 is 0 Å². The van der Waals surface area contributed by atoms with E-state index in [4.69, 9.17) is 0 Å². The van der Waals surface area contributed by atoms with Gasteiger partial charge >= 0.3 is 0 Å². The Morgan fingerprint density at radius 3 is 2.81 bits per heavy atom. The Balaban J connectivity index is 2.44. The summed E-state index contributed by atoms with van der Waals surface area (Å²) in [6.45, 7) is 4.24. The number of benzene rings is 1. The van der Waals surface area contributed by atoms with Gasteiger partial charge in [0.25, 0.3) is 0 Å². The number of aromatic nitrogens is 1. The molecule has 1 N–H and O–H groups in total. The van der Waals surface area contributed by atoms with Crippen LogP contribution in [0.3, 0.4) is 0 Å². The first kappa shape index (κ1) is 11.1. The fourth-order valence-corrected chi connectivity index (χ4v) is 2.01. The normalized spacial score (nSPS) is 13.2. The Labute approximate surface area is 96.0 Å². The second kappa shape index (κ2) is 4.62. The number of hydrogen-bond donors (Lipinski definition) is 1. The molecule has 0 saturated heterocycles. The molecule has 2 heteroatoms. The molecule has 0 saturated carbocycles. The van der Waals surface area contributed by atoms with Crippen molar-refractivity contribution in [1.29, 1.82) is 0 Å². The van der Waals surface area contributed by atoms with Gasteiger partial charge in [0.15, 0.2) is 0 Å². The summed E-state index contributed by atoms with van der Waals surface area (Å²) >= 11 is 0. The van der Waals surface area contributed by atoms with E-state index in [1.165, 1.54) is 0 Å². The van der Waals surface area contributed by atoms with Gasteiger partial charge in [-0.3, -0.25) is 4.98 Å². The van der Waals surface area contributed by atoms with Crippen molar-refractivity contribution in [3.8, 4) is 0 Å². The molecule has 2 aromatic rings. The third-order valence-electron chi connectivity index (χ3n) is 2.77. The fraction of sp³-hybridized carbons (Fsp3) is 0.357. The molecule has 0 fully saturated rings. The highest BCUT2D eigenvalue weighted by Crippen LogP contribution is 2.27. The van der Waals surface area contributed by atoms with E-state index in [-0.39, 0.29) is 6.10 Å². The molecular formula is C14H17NO. The largest absolute Gasteiger partial charge is 0.388 e. The molecule has 1 aromatic heterocycles. The van der Waals surface area contributed by atoms with Crippen LogP contribution in [0.15, 0.2) is 36.7 Å². The zero-order valence-corrected chi connectivity index (χ0v) is 9.72. The second-order valence-electron chi connectivity index (χ2n) is 4.59. The van der Waals surface area contributed by atoms with E-state index in [0.29, 0.717) is 5.92 Å². The third kappa shape index (κ3) is 2.22. The van der Waals surface area contributed by atoms with Gasteiger partial charge in [0.2, 0.25) is 0 Å². The molecular weight excluding hydrogens is 198 g/mol. The van der Waals surface area contributed by atoms with Gasteiger partial charge < -0.3 is 5.11 Å². The van der Waals surface area contributed by atoms with Gasteiger partial charge in [-0.1, -0.05) is 32.0 Å². The molecule has 1 unspecified atom stereocenters. The van der Waals surface area contributed by atoms with E-state index in [1.54, 1.807) is 6.20 Å². The first-order valence-electron chi connectivity index (χ1n) is 5.69. The lowest BCUT2D eigenvalue weighted by Gasteiger charge is -2.15. The quantitative estimate of drug-likeness (QED) is 0.852. The fourth-order valence-electron chi connectivity index (χ4n) is 2.01. The topological polar surface area (TPSA) is 33.1 Å². The number of fused-ring (bicyclic) bond motifs is 1. The molecule has 1 aromatic carbocycles. The summed E-state index contributed by atoms with van der Waals surface area (Å²) in [6, 6.07) is 7.96. The summed E-state index contributed by atoms with van der Waals surface area (Å²) in [5, 5.41) is 12.4. The number of pyridine rings is 1. The van der Waals surface area contributed by atoms with Gasteiger partial charge in [0, 0.05) is 17.8 Å². The molecule has 0 aliphatic rings. The highest BCUT2D eigenvalue weighted by molar-refractivity contribution is 5.85. The van der Waals surface area contributed by atoms with Crippen molar-refractivity contribution in [3.63, 3.8) is 0 Å². The van der Waals surface area contributed by atoms with E-state index in [1.807, 2.05) is 30.5 Å². The van der Waals surface area contributed by atoms with E-state index in [0.717, 1.165) is 22.8 Å². The second-order valence-corrected chi connectivity index (χ2v) is 4.59. The molecule has 0 aliphatic carbocycles. The molecule has 1 atom stereocenters. The number of aliphatic hydroxyl groups excluding tert-OH is 1. The standard InChI is InChI=1S/C14H17NO/c1-10(2)8-14(16)13-5-3-4-11-9-15-7-6-12(11)13/h3-7,9-10,14,16H,8H2,1-2H3. The molecule has 0 radical (unpaired) electrons. The molecule has 2 nitrogen and oxygen atoms in total. The molecule has 0 aliphatic heterocycles. The van der Waals surface area contributed by atoms with E-state index < -0.39 is 0 Å². The van der Waals surface area contributed by atoms with E-state index in [2.05, 4.69) is 18.8 Å². The Kier molecular flexibility index (Phi) is 3.20. The summed E-state index contributed by atoms with van der Waals surface area (Å²) in [5.74, 6) is 0.493. The highest BCUT2D eigenvalue weighted by atomic mass is 16.3. The van der Waals surface area contributed by atoms with Crippen LogP contribution in [0.5, 0.6) is 0 Å². The van der Waals surface area contributed by atoms with Crippen molar-refractivity contribution in [2.45, 2.75) is 26.4 Å². The van der Waals surface area contributed by atoms with Crippen LogP contribution in [0.1, 0.15) is 31.9 Å². The summed E-state index contributed by atoms with van der Waals surface area (Å²) in [6.07, 6.45) is 4.02. The smallest absolute Gasteiger partial charge is 0.0798 e. The van der Waals surface area contributed by atoms with Gasteiger partial charge in [-0.15, -0.1) is 0 Å². The van der Waals surface area contributed by atoms with Gasteiger partial charge in [-0.25, -0.2) is 0 Å². The van der Waals surface area contributed by atoms with Crippen LogP contribution in [0, 0.1) is 5.92 Å². The zero-order valence-electron chi connectivity index (χ0n) is 9.72. The predicted octanol–water partition coefficient (Wildman–Crippen LogP) is 3.31. The lowest BCUT2D eigenvalue weighted by atomic mass is 9.96. The highest BCUT2D eigenvalue weighted by Gasteiger charge is 2.12. The average Bonchev–Trinajstić information content (AvgIpc) is 2.27. The first-order chi connectivity index (χ1) is 7.68. The first-order valence-corrected chi connectivity index (χ1v) is 5.69. The molecule has 2 rings (SSSR count). The Hall–Kier alpha value is -1.41. The predicted molar refractivity (Wildman–Crippen MR) is 66.2 cm³/mol. The zero-order chi connectivity index (χ0) is 11.5. The monoisotopic (exact) mass is 215 g/mol. The van der Waals surface area contributed by atoms with E-state index in [9.17, 15) is 5.11 Å². The number of nitrogens with zero attached hydrogens (tertiary/aromatic N) is 1. The van der Waals surface area contributed by atoms with Crippen LogP contribution >= 0.6 is 0 Å². The van der Waals surface area contributed by atoms with Gasteiger partial charge in [0.1, 0.15) is 0 Å². The minimum atomic E-state index is -0.383. The van der Waals surface area contributed by atoms with Crippen LogP contribution in [-0.2, 0) is 0 Å². The van der Waals surface area contributed by atoms with Crippen molar-refractivity contribution in [3.05, 3.63) is 42.2 Å². The Morgan fingerprint density at radius 2 is 2.06 bits per heavy atom. The van der Waals surface area contributed by atoms with Crippen LogP contribution in [-0.4, -0.2) is 10.1 Å². The van der Waals surface area contributed by atoms with Crippen molar-refractivity contribution in [2.75, 3.05) is 0 Å². The summed E-state index contributed by atoms with van der Waals surface area (Å²) in [7, 11) is 0. The number of aliphatic hydroxyl groups is 1. The average molecular weight is 215 g/mol. The lowest BCUT2D eigenvalue weighted by molar-refractivity contribution is 0.152. The third-order valence-corrected chi connectivity index (χ3v) is 2.77. The molecule has 0 spiro atoms. The van der Waals surface area contributed by atoms with Crippen LogP contribution in [0.2, 0.25) is 0 Å². The van der Waals surface area contributed by atoms with Crippen molar-refractivity contribution in [1.82, 2.24) is 4.98 Å².